The van der Waals surface area contributed by atoms with Crippen molar-refractivity contribution in [1.29, 1.82) is 0 Å². The number of carbonyl (C=O) groups is 2. The molecule has 4 aromatic rings. The average Bonchev–Trinajstić information content (AvgIpc) is 3.49. The zero-order valence-corrected chi connectivity index (χ0v) is 23.6. The highest BCUT2D eigenvalue weighted by molar-refractivity contribution is 8.26. The monoisotopic (exact) mass is 589 g/mol. The summed E-state index contributed by atoms with van der Waals surface area (Å²) in [5.74, 6) is -0.463. The summed E-state index contributed by atoms with van der Waals surface area (Å²) < 4.78 is 8.23. The fraction of sp³-hybridized carbons (Fsp3) is 0.133. The first-order valence-corrected chi connectivity index (χ1v) is 14.1. The maximum Gasteiger partial charge on any atom is 0.303 e. The Morgan fingerprint density at radius 2 is 1.85 bits per heavy atom. The number of benzene rings is 3. The molecule has 1 aliphatic heterocycles. The van der Waals surface area contributed by atoms with Crippen molar-refractivity contribution < 1.29 is 19.4 Å². The molecule has 1 amide bonds. The minimum absolute atomic E-state index is 0.0272. The van der Waals surface area contributed by atoms with Crippen molar-refractivity contribution in [2.45, 2.75) is 19.4 Å². The van der Waals surface area contributed by atoms with Crippen LogP contribution in [0.3, 0.4) is 0 Å². The highest BCUT2D eigenvalue weighted by Crippen LogP contribution is 2.35. The van der Waals surface area contributed by atoms with E-state index >= 15 is 0 Å². The van der Waals surface area contributed by atoms with Gasteiger partial charge in [-0.3, -0.25) is 14.5 Å². The smallest absolute Gasteiger partial charge is 0.303 e. The Morgan fingerprint density at radius 3 is 2.60 bits per heavy atom. The van der Waals surface area contributed by atoms with Gasteiger partial charge in [0.2, 0.25) is 0 Å². The van der Waals surface area contributed by atoms with E-state index in [9.17, 15) is 9.59 Å². The number of thiocarbonyl (C=S) groups is 1. The number of ether oxygens (including phenoxy) is 1. The standard InChI is InChI=1S/C30H24ClN3O4S2/c31-23-13-11-20(12-14-23)19-38-25-9-4-6-21(16-25)28-22(18-34(32-28)24-7-2-1-3-8-24)17-26-29(37)33(30(39)40-26)15-5-10-27(35)36/h1-4,6-9,11-14,16-18H,5,10,15,19H2,(H,35,36). The molecular formula is C30H24ClN3O4S2. The molecule has 40 heavy (non-hydrogen) atoms. The Balaban J connectivity index is 1.45. The Bertz CT molecular complexity index is 1590. The molecule has 5 rings (SSSR count). The van der Waals surface area contributed by atoms with Crippen molar-refractivity contribution >= 4 is 57.9 Å². The number of carboxylic acid groups (broad SMARTS) is 1. The minimum atomic E-state index is -0.904. The van der Waals surface area contributed by atoms with Gasteiger partial charge in [0.15, 0.2) is 0 Å². The number of nitrogens with zero attached hydrogens (tertiary/aromatic N) is 3. The molecule has 1 saturated heterocycles. The quantitative estimate of drug-likeness (QED) is 0.160. The molecule has 3 aromatic carbocycles. The van der Waals surface area contributed by atoms with Crippen LogP contribution in [0.1, 0.15) is 24.0 Å². The van der Waals surface area contributed by atoms with Gasteiger partial charge >= 0.3 is 5.97 Å². The highest BCUT2D eigenvalue weighted by atomic mass is 35.5. The molecule has 0 spiro atoms. The molecule has 10 heteroatoms. The summed E-state index contributed by atoms with van der Waals surface area (Å²) in [5, 5.41) is 14.5. The average molecular weight is 590 g/mol. The number of para-hydroxylation sites is 1. The van der Waals surface area contributed by atoms with Crippen molar-refractivity contribution in [3.63, 3.8) is 0 Å². The zero-order valence-electron chi connectivity index (χ0n) is 21.2. The number of halogens is 1. The van der Waals surface area contributed by atoms with Crippen molar-refractivity contribution in [2.24, 2.45) is 0 Å². The molecule has 1 N–H and O–H groups in total. The van der Waals surface area contributed by atoms with E-state index in [0.717, 1.165) is 22.4 Å². The van der Waals surface area contributed by atoms with Gasteiger partial charge in [-0.1, -0.05) is 78.0 Å². The predicted molar refractivity (Wildman–Crippen MR) is 162 cm³/mol. The zero-order chi connectivity index (χ0) is 28.1. The van der Waals surface area contributed by atoms with E-state index in [1.165, 1.54) is 16.7 Å². The van der Waals surface area contributed by atoms with Gasteiger partial charge in [0.05, 0.1) is 10.6 Å². The van der Waals surface area contributed by atoms with Crippen molar-refractivity contribution in [3.8, 4) is 22.7 Å². The lowest BCUT2D eigenvalue weighted by atomic mass is 10.1. The van der Waals surface area contributed by atoms with E-state index in [4.69, 9.17) is 38.8 Å². The first-order chi connectivity index (χ1) is 19.4. The predicted octanol–water partition coefficient (Wildman–Crippen LogP) is 6.84. The van der Waals surface area contributed by atoms with Crippen LogP contribution in [0.15, 0.2) is 90.0 Å². The summed E-state index contributed by atoms with van der Waals surface area (Å²) >= 11 is 12.6. The lowest BCUT2D eigenvalue weighted by Crippen LogP contribution is -2.29. The fourth-order valence-electron chi connectivity index (χ4n) is 4.13. The number of aliphatic carboxylic acids is 1. The Morgan fingerprint density at radius 1 is 1.07 bits per heavy atom. The topological polar surface area (TPSA) is 84.7 Å². The maximum absolute atomic E-state index is 13.2. The van der Waals surface area contributed by atoms with Crippen LogP contribution in [0.25, 0.3) is 23.0 Å². The van der Waals surface area contributed by atoms with E-state index in [0.29, 0.717) is 38.7 Å². The Kier molecular flexibility index (Phi) is 8.64. The van der Waals surface area contributed by atoms with Crippen LogP contribution in [0, 0.1) is 0 Å². The fourth-order valence-corrected chi connectivity index (χ4v) is 5.56. The van der Waals surface area contributed by atoms with E-state index in [1.807, 2.05) is 85.1 Å². The molecule has 1 aromatic heterocycles. The number of aromatic nitrogens is 2. The second-order valence-corrected chi connectivity index (χ2v) is 11.1. The summed E-state index contributed by atoms with van der Waals surface area (Å²) in [7, 11) is 0. The van der Waals surface area contributed by atoms with Crippen LogP contribution in [0.2, 0.25) is 5.02 Å². The van der Waals surface area contributed by atoms with Gasteiger partial charge in [-0.25, -0.2) is 4.68 Å². The summed E-state index contributed by atoms with van der Waals surface area (Å²) in [6.07, 6.45) is 3.97. The molecular weight excluding hydrogens is 566 g/mol. The highest BCUT2D eigenvalue weighted by Gasteiger charge is 2.32. The Hall–Kier alpha value is -3.92. The van der Waals surface area contributed by atoms with Gasteiger partial charge in [0, 0.05) is 35.3 Å². The number of hydrogen-bond acceptors (Lipinski definition) is 6. The van der Waals surface area contributed by atoms with Gasteiger partial charge < -0.3 is 9.84 Å². The molecule has 0 atom stereocenters. The molecule has 2 heterocycles. The van der Waals surface area contributed by atoms with Gasteiger partial charge in [0.1, 0.15) is 22.4 Å². The number of thioether (sulfide) groups is 1. The van der Waals surface area contributed by atoms with Gasteiger partial charge in [-0.15, -0.1) is 0 Å². The largest absolute Gasteiger partial charge is 0.489 e. The number of amides is 1. The van der Waals surface area contributed by atoms with Gasteiger partial charge in [-0.2, -0.15) is 5.10 Å². The van der Waals surface area contributed by atoms with E-state index in [1.54, 1.807) is 10.8 Å². The lowest BCUT2D eigenvalue weighted by Gasteiger charge is -2.13. The summed E-state index contributed by atoms with van der Waals surface area (Å²) in [6, 6.07) is 24.9. The third kappa shape index (κ3) is 6.62. The van der Waals surface area contributed by atoms with Crippen LogP contribution < -0.4 is 4.74 Å². The van der Waals surface area contributed by atoms with Crippen molar-refractivity contribution in [2.75, 3.05) is 6.54 Å². The second kappa shape index (κ2) is 12.5. The number of carboxylic acids is 1. The van der Waals surface area contributed by atoms with Crippen molar-refractivity contribution in [1.82, 2.24) is 14.7 Å². The number of hydrogen-bond donors (Lipinski definition) is 1. The summed E-state index contributed by atoms with van der Waals surface area (Å²) in [5.41, 5.74) is 4.11. The van der Waals surface area contributed by atoms with Gasteiger partial charge in [0.25, 0.3) is 5.91 Å². The molecule has 0 unspecified atom stereocenters. The summed E-state index contributed by atoms with van der Waals surface area (Å²) in [4.78, 5) is 26.0. The first kappa shape index (κ1) is 27.6. The third-order valence-electron chi connectivity index (χ3n) is 6.12. The van der Waals surface area contributed by atoms with E-state index in [2.05, 4.69) is 0 Å². The van der Waals surface area contributed by atoms with Crippen LogP contribution >= 0.6 is 35.6 Å². The molecule has 0 radical (unpaired) electrons. The molecule has 0 bridgehead atoms. The Labute approximate surface area is 246 Å². The van der Waals surface area contributed by atoms with Crippen LogP contribution in [-0.4, -0.2) is 42.5 Å². The first-order valence-electron chi connectivity index (χ1n) is 12.5. The molecule has 1 fully saturated rings. The van der Waals surface area contributed by atoms with Crippen molar-refractivity contribution in [3.05, 3.63) is 106 Å². The normalized spacial score (nSPS) is 14.2. The number of rotatable bonds is 10. The third-order valence-corrected chi connectivity index (χ3v) is 7.75. The second-order valence-electron chi connectivity index (χ2n) is 8.99. The molecule has 0 saturated carbocycles. The summed E-state index contributed by atoms with van der Waals surface area (Å²) in [6.45, 7) is 0.647. The minimum Gasteiger partial charge on any atom is -0.489 e. The number of carbonyl (C=O) groups excluding carboxylic acids is 1. The van der Waals surface area contributed by atoms with Crippen LogP contribution in [0.5, 0.6) is 5.75 Å². The van der Waals surface area contributed by atoms with Crippen LogP contribution in [0.4, 0.5) is 0 Å². The maximum atomic E-state index is 13.2. The van der Waals surface area contributed by atoms with Gasteiger partial charge in [-0.05, 0) is 54.5 Å². The molecule has 1 aliphatic rings. The molecule has 7 nitrogen and oxygen atoms in total. The van der Waals surface area contributed by atoms with Crippen LogP contribution in [-0.2, 0) is 16.2 Å². The van der Waals surface area contributed by atoms with E-state index in [-0.39, 0.29) is 18.9 Å². The SMILES string of the molecule is O=C(O)CCCN1C(=O)C(=Cc2cn(-c3ccccc3)nc2-c2cccc(OCc3ccc(Cl)cc3)c2)SC1=S. The molecule has 0 aliphatic carbocycles. The van der Waals surface area contributed by atoms with E-state index < -0.39 is 5.97 Å². The molecule has 202 valence electrons. The lowest BCUT2D eigenvalue weighted by molar-refractivity contribution is -0.137.